The summed E-state index contributed by atoms with van der Waals surface area (Å²) in [6.07, 6.45) is 0.406. The van der Waals surface area contributed by atoms with Gasteiger partial charge in [0.2, 0.25) is 0 Å². The van der Waals surface area contributed by atoms with Gasteiger partial charge in [-0.1, -0.05) is 0 Å². The lowest BCUT2D eigenvalue weighted by Gasteiger charge is -2.19. The number of nitrogens with zero attached hydrogens (tertiary/aromatic N) is 2. The van der Waals surface area contributed by atoms with Gasteiger partial charge in [-0.25, -0.2) is 0 Å². The molecule has 0 N–H and O–H groups in total. The van der Waals surface area contributed by atoms with Gasteiger partial charge in [0, 0.05) is 26.6 Å². The average molecular weight is 214 g/mol. The quantitative estimate of drug-likeness (QED) is 0.548. The minimum atomic E-state index is -0.258. The highest BCUT2D eigenvalue weighted by atomic mass is 16.5. The van der Waals surface area contributed by atoms with Gasteiger partial charge in [0.15, 0.2) is 0 Å². The van der Waals surface area contributed by atoms with Gasteiger partial charge in [-0.2, -0.15) is 5.26 Å². The third-order valence-corrected chi connectivity index (χ3v) is 1.81. The largest absolute Gasteiger partial charge is 0.465 e. The molecule has 0 aliphatic heterocycles. The van der Waals surface area contributed by atoms with Gasteiger partial charge in [0.25, 0.3) is 0 Å². The molecule has 0 amide bonds. The van der Waals surface area contributed by atoms with Crippen molar-refractivity contribution in [2.45, 2.75) is 13.3 Å². The Kier molecular flexibility index (Phi) is 8.73. The fraction of sp³-hybridized carbons (Fsp3) is 0.800. The van der Waals surface area contributed by atoms with Crippen LogP contribution in [0.1, 0.15) is 13.3 Å². The Morgan fingerprint density at radius 2 is 2.20 bits per heavy atom. The molecule has 0 aromatic carbocycles. The predicted molar refractivity (Wildman–Crippen MR) is 55.2 cm³/mol. The molecule has 0 unspecified atom stereocenters. The van der Waals surface area contributed by atoms with Crippen LogP contribution in [-0.2, 0) is 14.3 Å². The van der Waals surface area contributed by atoms with E-state index in [1.54, 1.807) is 14.0 Å². The number of hydrogen-bond acceptors (Lipinski definition) is 5. The topological polar surface area (TPSA) is 62.6 Å². The van der Waals surface area contributed by atoms with E-state index in [2.05, 4.69) is 0 Å². The van der Waals surface area contributed by atoms with E-state index in [0.717, 1.165) is 0 Å². The molecule has 0 aliphatic carbocycles. The Balaban J connectivity index is 3.88. The second-order valence-electron chi connectivity index (χ2n) is 2.98. The lowest BCUT2D eigenvalue weighted by Crippen LogP contribution is -2.34. The molecule has 0 saturated heterocycles. The van der Waals surface area contributed by atoms with E-state index in [9.17, 15) is 4.79 Å². The molecule has 0 heterocycles. The second kappa shape index (κ2) is 9.44. The highest BCUT2D eigenvalue weighted by Crippen LogP contribution is 1.93. The van der Waals surface area contributed by atoms with Gasteiger partial charge in [-0.05, 0) is 6.92 Å². The van der Waals surface area contributed by atoms with Crippen molar-refractivity contribution >= 4 is 5.97 Å². The van der Waals surface area contributed by atoms with Crippen LogP contribution >= 0.6 is 0 Å². The maximum absolute atomic E-state index is 11.2. The lowest BCUT2D eigenvalue weighted by atomic mass is 10.4. The van der Waals surface area contributed by atoms with Crippen LogP contribution in [0.4, 0.5) is 0 Å². The zero-order valence-electron chi connectivity index (χ0n) is 9.36. The number of hydrogen-bond donors (Lipinski definition) is 0. The fourth-order valence-corrected chi connectivity index (χ4v) is 1.09. The molecule has 0 atom stereocenters. The Bertz CT molecular complexity index is 213. The highest BCUT2D eigenvalue weighted by Gasteiger charge is 2.10. The van der Waals surface area contributed by atoms with Gasteiger partial charge in [0.1, 0.15) is 0 Å². The number of methoxy groups -OCH3 is 1. The lowest BCUT2D eigenvalue weighted by molar-refractivity contribution is -0.144. The summed E-state index contributed by atoms with van der Waals surface area (Å²) in [4.78, 5) is 13.0. The van der Waals surface area contributed by atoms with E-state index in [1.165, 1.54) is 0 Å². The molecular formula is C10H18N2O3. The van der Waals surface area contributed by atoms with Crippen molar-refractivity contribution in [1.29, 1.82) is 5.26 Å². The van der Waals surface area contributed by atoms with Crippen LogP contribution in [0, 0.1) is 11.3 Å². The molecule has 0 saturated carbocycles. The van der Waals surface area contributed by atoms with Crippen molar-refractivity contribution in [3.05, 3.63) is 0 Å². The van der Waals surface area contributed by atoms with Crippen LogP contribution in [0.25, 0.3) is 0 Å². The van der Waals surface area contributed by atoms with Gasteiger partial charge in [0.05, 0.1) is 25.8 Å². The first kappa shape index (κ1) is 13.9. The molecule has 0 rings (SSSR count). The van der Waals surface area contributed by atoms with Gasteiger partial charge in [-0.3, -0.25) is 9.69 Å². The first-order valence-electron chi connectivity index (χ1n) is 4.98. The molecule has 0 aliphatic rings. The van der Waals surface area contributed by atoms with Crippen molar-refractivity contribution in [3.8, 4) is 6.07 Å². The minimum Gasteiger partial charge on any atom is -0.465 e. The average Bonchev–Trinajstić information content (AvgIpc) is 2.22. The number of nitriles is 1. The third-order valence-electron chi connectivity index (χ3n) is 1.81. The summed E-state index contributed by atoms with van der Waals surface area (Å²) in [6.45, 7) is 4.13. The zero-order chi connectivity index (χ0) is 11.5. The Morgan fingerprint density at radius 3 is 2.73 bits per heavy atom. The smallest absolute Gasteiger partial charge is 0.320 e. The highest BCUT2D eigenvalue weighted by molar-refractivity contribution is 5.71. The van der Waals surface area contributed by atoms with Gasteiger partial charge < -0.3 is 9.47 Å². The molecule has 0 bridgehead atoms. The number of carbonyl (C=O) groups excluding carboxylic acids is 1. The van der Waals surface area contributed by atoms with E-state index in [4.69, 9.17) is 14.7 Å². The molecule has 5 nitrogen and oxygen atoms in total. The van der Waals surface area contributed by atoms with Crippen LogP contribution in [0.2, 0.25) is 0 Å². The molecule has 0 radical (unpaired) electrons. The van der Waals surface area contributed by atoms with Crippen molar-refractivity contribution < 1.29 is 14.3 Å². The van der Waals surface area contributed by atoms with E-state index in [1.807, 2.05) is 11.0 Å². The summed E-state index contributed by atoms with van der Waals surface area (Å²) in [5.41, 5.74) is 0. The van der Waals surface area contributed by atoms with Crippen molar-refractivity contribution in [1.82, 2.24) is 4.90 Å². The van der Waals surface area contributed by atoms with E-state index >= 15 is 0 Å². The Labute approximate surface area is 90.6 Å². The normalized spacial score (nSPS) is 10.0. The zero-order valence-corrected chi connectivity index (χ0v) is 9.36. The molecule has 0 aromatic rings. The minimum absolute atomic E-state index is 0.221. The Hall–Kier alpha value is -1.12. The van der Waals surface area contributed by atoms with Crippen LogP contribution in [0.3, 0.4) is 0 Å². The summed E-state index contributed by atoms with van der Waals surface area (Å²) >= 11 is 0. The maximum Gasteiger partial charge on any atom is 0.320 e. The van der Waals surface area contributed by atoms with Crippen molar-refractivity contribution in [2.24, 2.45) is 0 Å². The molecule has 15 heavy (non-hydrogen) atoms. The number of ether oxygens (including phenoxy) is 2. The van der Waals surface area contributed by atoms with Gasteiger partial charge >= 0.3 is 5.97 Å². The summed E-state index contributed by atoms with van der Waals surface area (Å²) in [5, 5.41) is 8.45. The summed E-state index contributed by atoms with van der Waals surface area (Å²) in [6, 6.07) is 2.05. The maximum atomic E-state index is 11.2. The summed E-state index contributed by atoms with van der Waals surface area (Å²) in [7, 11) is 1.60. The third kappa shape index (κ3) is 7.91. The van der Waals surface area contributed by atoms with Crippen LogP contribution in [-0.4, -0.2) is 50.8 Å². The van der Waals surface area contributed by atoms with Crippen LogP contribution in [0.15, 0.2) is 0 Å². The fourth-order valence-electron chi connectivity index (χ4n) is 1.09. The van der Waals surface area contributed by atoms with Crippen molar-refractivity contribution in [2.75, 3.05) is 40.0 Å². The standard InChI is InChI=1S/C10H18N2O3/c1-3-15-10(13)9-12(6-4-5-11)7-8-14-2/h3-4,6-9H2,1-2H3. The van der Waals surface area contributed by atoms with E-state index in [-0.39, 0.29) is 12.5 Å². The first-order chi connectivity index (χ1) is 7.24. The molecule has 0 fully saturated rings. The summed E-state index contributed by atoms with van der Waals surface area (Å²) < 4.78 is 9.75. The second-order valence-corrected chi connectivity index (χ2v) is 2.98. The SMILES string of the molecule is CCOC(=O)CN(CCC#N)CCOC. The molecule has 86 valence electrons. The van der Waals surface area contributed by atoms with E-state index < -0.39 is 0 Å². The number of esters is 1. The Morgan fingerprint density at radius 1 is 1.47 bits per heavy atom. The number of carbonyl (C=O) groups is 1. The molecule has 0 spiro atoms. The van der Waals surface area contributed by atoms with Crippen LogP contribution in [0.5, 0.6) is 0 Å². The summed E-state index contributed by atoms with van der Waals surface area (Å²) in [5.74, 6) is -0.258. The predicted octanol–water partition coefficient (Wildman–Crippen LogP) is 0.412. The van der Waals surface area contributed by atoms with Crippen LogP contribution < -0.4 is 0 Å². The molecule has 0 aromatic heterocycles. The molecule has 5 heteroatoms. The monoisotopic (exact) mass is 214 g/mol. The number of rotatable bonds is 8. The van der Waals surface area contributed by atoms with Crippen molar-refractivity contribution in [3.63, 3.8) is 0 Å². The first-order valence-corrected chi connectivity index (χ1v) is 4.98. The van der Waals surface area contributed by atoms with E-state index in [0.29, 0.717) is 32.7 Å². The molecular weight excluding hydrogens is 196 g/mol. The van der Waals surface area contributed by atoms with Gasteiger partial charge in [-0.15, -0.1) is 0 Å².